The Kier molecular flexibility index (Phi) is 4.04. The second-order valence-corrected chi connectivity index (χ2v) is 6.24. The zero-order valence-corrected chi connectivity index (χ0v) is 12.4. The van der Waals surface area contributed by atoms with Crippen molar-refractivity contribution in [2.45, 2.75) is 25.7 Å². The minimum atomic E-state index is 0.339. The van der Waals surface area contributed by atoms with Crippen LogP contribution in [0.25, 0.3) is 0 Å². The van der Waals surface area contributed by atoms with Crippen LogP contribution in [0.3, 0.4) is 0 Å². The molecule has 0 N–H and O–H groups in total. The number of benzene rings is 1. The van der Waals surface area contributed by atoms with Crippen LogP contribution in [-0.4, -0.2) is 32.1 Å². The number of rotatable bonds is 3. The lowest BCUT2D eigenvalue weighted by Gasteiger charge is -2.42. The molecule has 1 saturated heterocycles. The van der Waals surface area contributed by atoms with Crippen LogP contribution in [0.1, 0.15) is 24.8 Å². The lowest BCUT2D eigenvalue weighted by atomic mass is 9.81. The minimum Gasteiger partial charge on any atom is -0.381 e. The minimum absolute atomic E-state index is 0.339. The van der Waals surface area contributed by atoms with Gasteiger partial charge in [-0.3, -0.25) is 0 Å². The van der Waals surface area contributed by atoms with E-state index in [0.717, 1.165) is 38.4 Å². The third kappa shape index (κ3) is 2.77. The Morgan fingerprint density at radius 3 is 2.79 bits per heavy atom. The maximum atomic E-state index is 5.53. The molecule has 0 unspecified atom stereocenters. The standard InChI is InChI=1S/C16H23NOS/c19-13-16(7-10-18-11-8-16)12-17-9-3-5-14-4-1-2-6-15(14)17/h1-2,4,6,19H,3,5,7-13H2. The van der Waals surface area contributed by atoms with Crippen molar-refractivity contribution in [1.29, 1.82) is 0 Å². The quantitative estimate of drug-likeness (QED) is 0.852. The van der Waals surface area contributed by atoms with Gasteiger partial charge in [-0.05, 0) is 43.1 Å². The molecule has 2 nitrogen and oxygen atoms in total. The van der Waals surface area contributed by atoms with Gasteiger partial charge in [0.15, 0.2) is 0 Å². The highest BCUT2D eigenvalue weighted by Crippen LogP contribution is 2.36. The van der Waals surface area contributed by atoms with Crippen LogP contribution >= 0.6 is 12.6 Å². The summed E-state index contributed by atoms with van der Waals surface area (Å²) in [5.41, 5.74) is 3.29. The van der Waals surface area contributed by atoms with Crippen molar-refractivity contribution in [3.8, 4) is 0 Å². The molecule has 0 radical (unpaired) electrons. The van der Waals surface area contributed by atoms with Crippen molar-refractivity contribution in [3.05, 3.63) is 29.8 Å². The van der Waals surface area contributed by atoms with E-state index < -0.39 is 0 Å². The topological polar surface area (TPSA) is 12.5 Å². The van der Waals surface area contributed by atoms with Crippen LogP contribution in [0.5, 0.6) is 0 Å². The first-order valence-corrected chi connectivity index (χ1v) is 7.98. The normalized spacial score (nSPS) is 22.1. The third-order valence-corrected chi connectivity index (χ3v) is 5.29. The number of ether oxygens (including phenoxy) is 1. The van der Waals surface area contributed by atoms with Gasteiger partial charge in [0.25, 0.3) is 0 Å². The van der Waals surface area contributed by atoms with Crippen LogP contribution in [0.2, 0.25) is 0 Å². The summed E-state index contributed by atoms with van der Waals surface area (Å²) in [6.07, 6.45) is 4.80. The summed E-state index contributed by atoms with van der Waals surface area (Å²) >= 11 is 4.64. The summed E-state index contributed by atoms with van der Waals surface area (Å²) in [6, 6.07) is 8.87. The molecular formula is C16H23NOS. The fourth-order valence-electron chi connectivity index (χ4n) is 3.35. The molecule has 3 rings (SSSR count). The predicted octanol–water partition coefficient (Wildman–Crippen LogP) is 3.17. The van der Waals surface area contributed by atoms with E-state index in [1.807, 2.05) is 0 Å². The molecule has 2 heterocycles. The van der Waals surface area contributed by atoms with Crippen LogP contribution in [0, 0.1) is 5.41 Å². The van der Waals surface area contributed by atoms with Gasteiger partial charge in [0.1, 0.15) is 0 Å². The van der Waals surface area contributed by atoms with E-state index in [1.54, 1.807) is 0 Å². The fraction of sp³-hybridized carbons (Fsp3) is 0.625. The van der Waals surface area contributed by atoms with Gasteiger partial charge in [-0.1, -0.05) is 18.2 Å². The summed E-state index contributed by atoms with van der Waals surface area (Å²) in [4.78, 5) is 2.58. The smallest absolute Gasteiger partial charge is 0.0472 e. The van der Waals surface area contributed by atoms with E-state index in [4.69, 9.17) is 4.74 Å². The van der Waals surface area contributed by atoms with Crippen molar-refractivity contribution in [1.82, 2.24) is 0 Å². The van der Waals surface area contributed by atoms with E-state index in [2.05, 4.69) is 41.8 Å². The number of nitrogens with zero attached hydrogens (tertiary/aromatic N) is 1. The zero-order chi connectivity index (χ0) is 13.1. The number of anilines is 1. The second-order valence-electron chi connectivity index (χ2n) is 5.92. The van der Waals surface area contributed by atoms with Gasteiger partial charge < -0.3 is 9.64 Å². The Labute approximate surface area is 121 Å². The zero-order valence-electron chi connectivity index (χ0n) is 11.5. The molecule has 0 aliphatic carbocycles. The summed E-state index contributed by atoms with van der Waals surface area (Å²) < 4.78 is 5.53. The van der Waals surface area contributed by atoms with E-state index in [1.165, 1.54) is 30.6 Å². The van der Waals surface area contributed by atoms with E-state index in [-0.39, 0.29) is 0 Å². The summed E-state index contributed by atoms with van der Waals surface area (Å²) in [7, 11) is 0. The third-order valence-electron chi connectivity index (χ3n) is 4.62. The van der Waals surface area contributed by atoms with Crippen LogP contribution in [0.4, 0.5) is 5.69 Å². The molecule has 1 aromatic carbocycles. The molecule has 104 valence electrons. The Morgan fingerprint density at radius 1 is 1.21 bits per heavy atom. The van der Waals surface area contributed by atoms with Crippen molar-refractivity contribution in [3.63, 3.8) is 0 Å². The van der Waals surface area contributed by atoms with Gasteiger partial charge in [0, 0.05) is 37.4 Å². The highest BCUT2D eigenvalue weighted by atomic mass is 32.1. The molecule has 1 aromatic rings. The van der Waals surface area contributed by atoms with E-state index >= 15 is 0 Å². The first kappa shape index (κ1) is 13.3. The average molecular weight is 277 g/mol. The van der Waals surface area contributed by atoms with Gasteiger partial charge >= 0.3 is 0 Å². The fourth-order valence-corrected chi connectivity index (χ4v) is 3.77. The largest absolute Gasteiger partial charge is 0.381 e. The van der Waals surface area contributed by atoms with Crippen molar-refractivity contribution < 1.29 is 4.74 Å². The summed E-state index contributed by atoms with van der Waals surface area (Å²) in [5.74, 6) is 0.967. The average Bonchev–Trinajstić information content (AvgIpc) is 2.49. The summed E-state index contributed by atoms with van der Waals surface area (Å²) in [5, 5.41) is 0. The number of thiol groups is 1. The first-order valence-electron chi connectivity index (χ1n) is 7.34. The number of para-hydroxylation sites is 1. The molecule has 0 saturated carbocycles. The monoisotopic (exact) mass is 277 g/mol. The first-order chi connectivity index (χ1) is 9.33. The van der Waals surface area contributed by atoms with Crippen LogP contribution in [-0.2, 0) is 11.2 Å². The molecule has 0 bridgehead atoms. The molecule has 0 amide bonds. The Morgan fingerprint density at radius 2 is 2.00 bits per heavy atom. The van der Waals surface area contributed by atoms with Gasteiger partial charge in [-0.15, -0.1) is 0 Å². The Balaban J connectivity index is 1.79. The molecule has 0 atom stereocenters. The van der Waals surface area contributed by atoms with E-state index in [0.29, 0.717) is 5.41 Å². The molecule has 0 aromatic heterocycles. The van der Waals surface area contributed by atoms with Crippen LogP contribution < -0.4 is 4.90 Å². The number of hydrogen-bond acceptors (Lipinski definition) is 3. The van der Waals surface area contributed by atoms with Gasteiger partial charge in [0.05, 0.1) is 0 Å². The molecule has 2 aliphatic rings. The van der Waals surface area contributed by atoms with E-state index in [9.17, 15) is 0 Å². The molecule has 19 heavy (non-hydrogen) atoms. The Bertz CT molecular complexity index is 429. The number of aryl methyl sites for hydroxylation is 1. The SMILES string of the molecule is SCC1(CN2CCCc3ccccc32)CCOCC1. The Hall–Kier alpha value is -0.670. The number of hydrogen-bond donors (Lipinski definition) is 1. The predicted molar refractivity (Wildman–Crippen MR) is 83.3 cm³/mol. The molecule has 0 spiro atoms. The van der Waals surface area contributed by atoms with Crippen LogP contribution in [0.15, 0.2) is 24.3 Å². The van der Waals surface area contributed by atoms with Gasteiger partial charge in [-0.2, -0.15) is 12.6 Å². The lowest BCUT2D eigenvalue weighted by molar-refractivity contribution is 0.0295. The lowest BCUT2D eigenvalue weighted by Crippen LogP contribution is -2.44. The summed E-state index contributed by atoms with van der Waals surface area (Å²) in [6.45, 7) is 4.12. The van der Waals surface area contributed by atoms with Gasteiger partial charge in [0.2, 0.25) is 0 Å². The highest BCUT2D eigenvalue weighted by molar-refractivity contribution is 7.80. The second kappa shape index (κ2) is 5.76. The van der Waals surface area contributed by atoms with Crippen molar-refractivity contribution in [2.24, 2.45) is 5.41 Å². The maximum Gasteiger partial charge on any atom is 0.0472 e. The molecular weight excluding hydrogens is 254 g/mol. The van der Waals surface area contributed by atoms with Gasteiger partial charge in [-0.25, -0.2) is 0 Å². The molecule has 3 heteroatoms. The van der Waals surface area contributed by atoms with Crippen molar-refractivity contribution >= 4 is 18.3 Å². The maximum absolute atomic E-state index is 5.53. The molecule has 1 fully saturated rings. The van der Waals surface area contributed by atoms with Crippen molar-refractivity contribution in [2.75, 3.05) is 37.0 Å². The molecule has 2 aliphatic heterocycles. The number of fused-ring (bicyclic) bond motifs is 1. The highest BCUT2D eigenvalue weighted by Gasteiger charge is 2.34.